The molecular weight excluding hydrogens is 186 g/mol. The average molecular weight is 205 g/mol. The number of benzene rings is 1. The molecule has 0 saturated heterocycles. The van der Waals surface area contributed by atoms with Crippen LogP contribution in [-0.4, -0.2) is 11.1 Å². The Labute approximate surface area is 91.1 Å². The maximum absolute atomic E-state index is 9.13. The maximum Gasteiger partial charge on any atom is 0.115 e. The van der Waals surface area contributed by atoms with Gasteiger partial charge in [-0.25, -0.2) is 0 Å². The van der Waals surface area contributed by atoms with E-state index in [1.165, 1.54) is 18.4 Å². The van der Waals surface area contributed by atoms with Crippen LogP contribution in [0.4, 0.5) is 0 Å². The molecule has 1 aromatic rings. The van der Waals surface area contributed by atoms with E-state index in [-0.39, 0.29) is 0 Å². The quantitative estimate of drug-likeness (QED) is 0.775. The third-order valence-electron chi connectivity index (χ3n) is 3.17. The van der Waals surface area contributed by atoms with Gasteiger partial charge in [-0.2, -0.15) is 0 Å². The van der Waals surface area contributed by atoms with Gasteiger partial charge in [0.15, 0.2) is 0 Å². The van der Waals surface area contributed by atoms with Gasteiger partial charge in [0.1, 0.15) is 5.75 Å². The second-order valence-electron chi connectivity index (χ2n) is 4.56. The van der Waals surface area contributed by atoms with Crippen molar-refractivity contribution in [1.29, 1.82) is 0 Å². The fraction of sp³-hybridized carbons (Fsp3) is 0.538. The fourth-order valence-electron chi connectivity index (χ4n) is 1.96. The fourth-order valence-corrected chi connectivity index (χ4v) is 1.96. The van der Waals surface area contributed by atoms with Gasteiger partial charge in [-0.05, 0) is 55.7 Å². The Bertz CT molecular complexity index is 303. The van der Waals surface area contributed by atoms with E-state index in [0.717, 1.165) is 25.2 Å². The second kappa shape index (κ2) is 4.67. The molecule has 0 bridgehead atoms. The Balaban J connectivity index is 1.70. The molecule has 3 N–H and O–H groups in total. The van der Waals surface area contributed by atoms with Crippen molar-refractivity contribution >= 4 is 0 Å². The van der Waals surface area contributed by atoms with Crippen molar-refractivity contribution in [2.75, 3.05) is 0 Å². The van der Waals surface area contributed by atoms with E-state index in [1.807, 2.05) is 12.1 Å². The molecule has 2 nitrogen and oxygen atoms in total. The van der Waals surface area contributed by atoms with E-state index in [2.05, 4.69) is 0 Å². The highest BCUT2D eigenvalue weighted by atomic mass is 16.3. The van der Waals surface area contributed by atoms with Crippen molar-refractivity contribution in [1.82, 2.24) is 0 Å². The van der Waals surface area contributed by atoms with Gasteiger partial charge >= 0.3 is 0 Å². The molecule has 82 valence electrons. The van der Waals surface area contributed by atoms with E-state index in [1.54, 1.807) is 12.1 Å². The number of aryl methyl sites for hydroxylation is 1. The van der Waals surface area contributed by atoms with Crippen LogP contribution in [-0.2, 0) is 6.42 Å². The lowest BCUT2D eigenvalue weighted by Crippen LogP contribution is -2.22. The molecule has 0 radical (unpaired) electrons. The molecule has 15 heavy (non-hydrogen) atoms. The summed E-state index contributed by atoms with van der Waals surface area (Å²) in [6, 6.07) is 7.88. The Morgan fingerprint density at radius 3 is 2.53 bits per heavy atom. The molecule has 1 aliphatic carbocycles. The highest BCUT2D eigenvalue weighted by Gasteiger charge is 2.27. The summed E-state index contributed by atoms with van der Waals surface area (Å²) in [5, 5.41) is 9.13. The molecule has 1 atom stereocenters. The molecule has 1 aliphatic rings. The molecule has 1 saturated carbocycles. The number of aromatic hydroxyl groups is 1. The first-order valence-electron chi connectivity index (χ1n) is 5.79. The van der Waals surface area contributed by atoms with E-state index >= 15 is 0 Å². The van der Waals surface area contributed by atoms with Gasteiger partial charge in [0.25, 0.3) is 0 Å². The van der Waals surface area contributed by atoms with E-state index in [0.29, 0.717) is 11.8 Å². The third-order valence-corrected chi connectivity index (χ3v) is 3.17. The number of phenolic OH excluding ortho intramolecular Hbond substituents is 1. The van der Waals surface area contributed by atoms with Crippen LogP contribution in [0.2, 0.25) is 0 Å². The van der Waals surface area contributed by atoms with Gasteiger partial charge in [0.05, 0.1) is 0 Å². The van der Waals surface area contributed by atoms with Crippen LogP contribution >= 0.6 is 0 Å². The summed E-state index contributed by atoms with van der Waals surface area (Å²) in [7, 11) is 0. The van der Waals surface area contributed by atoms with Crippen molar-refractivity contribution in [3.05, 3.63) is 29.8 Å². The van der Waals surface area contributed by atoms with Crippen molar-refractivity contribution in [3.63, 3.8) is 0 Å². The van der Waals surface area contributed by atoms with Crippen molar-refractivity contribution in [2.24, 2.45) is 11.7 Å². The van der Waals surface area contributed by atoms with Gasteiger partial charge in [0, 0.05) is 6.04 Å². The van der Waals surface area contributed by atoms with Gasteiger partial charge in [-0.3, -0.25) is 0 Å². The summed E-state index contributed by atoms with van der Waals surface area (Å²) >= 11 is 0. The third kappa shape index (κ3) is 3.24. The molecule has 1 aromatic carbocycles. The predicted molar refractivity (Wildman–Crippen MR) is 61.7 cm³/mol. The SMILES string of the molecule is NC(CCCc1ccc(O)cc1)C1CC1. The lowest BCUT2D eigenvalue weighted by molar-refractivity contribution is 0.475. The Hall–Kier alpha value is -1.02. The standard InChI is InChI=1S/C13H19NO/c14-13(11-6-7-11)3-1-2-10-4-8-12(15)9-5-10/h4-5,8-9,11,13,15H,1-3,6-7,14H2. The molecule has 0 aromatic heterocycles. The number of nitrogens with two attached hydrogens (primary N) is 1. The minimum atomic E-state index is 0.341. The summed E-state index contributed by atoms with van der Waals surface area (Å²) in [5.41, 5.74) is 7.32. The average Bonchev–Trinajstić information content (AvgIpc) is 3.04. The van der Waals surface area contributed by atoms with Gasteiger partial charge in [-0.1, -0.05) is 12.1 Å². The topological polar surface area (TPSA) is 46.2 Å². The molecule has 2 heteroatoms. The van der Waals surface area contributed by atoms with Crippen LogP contribution in [0.25, 0.3) is 0 Å². The number of phenols is 1. The van der Waals surface area contributed by atoms with Crippen LogP contribution in [0.3, 0.4) is 0 Å². The molecule has 1 fully saturated rings. The molecule has 1 unspecified atom stereocenters. The molecular formula is C13H19NO. The van der Waals surface area contributed by atoms with Crippen molar-refractivity contribution in [2.45, 2.75) is 38.1 Å². The van der Waals surface area contributed by atoms with Crippen LogP contribution in [0.5, 0.6) is 5.75 Å². The van der Waals surface area contributed by atoms with Gasteiger partial charge < -0.3 is 10.8 Å². The van der Waals surface area contributed by atoms with E-state index in [9.17, 15) is 0 Å². The van der Waals surface area contributed by atoms with Gasteiger partial charge in [0.2, 0.25) is 0 Å². The summed E-state index contributed by atoms with van der Waals surface area (Å²) in [4.78, 5) is 0. The van der Waals surface area contributed by atoms with Crippen molar-refractivity contribution in [3.8, 4) is 5.75 Å². The smallest absolute Gasteiger partial charge is 0.115 e. The zero-order valence-electron chi connectivity index (χ0n) is 9.02. The first-order chi connectivity index (χ1) is 7.25. The maximum atomic E-state index is 9.13. The lowest BCUT2D eigenvalue weighted by atomic mass is 10.0. The Kier molecular flexibility index (Phi) is 3.27. The van der Waals surface area contributed by atoms with Crippen LogP contribution in [0, 0.1) is 5.92 Å². The number of rotatable bonds is 5. The van der Waals surface area contributed by atoms with Crippen LogP contribution in [0.15, 0.2) is 24.3 Å². The highest BCUT2D eigenvalue weighted by molar-refractivity contribution is 5.25. The molecule has 0 aliphatic heterocycles. The molecule has 0 spiro atoms. The molecule has 0 amide bonds. The monoisotopic (exact) mass is 205 g/mol. The lowest BCUT2D eigenvalue weighted by Gasteiger charge is -2.09. The second-order valence-corrected chi connectivity index (χ2v) is 4.56. The Morgan fingerprint density at radius 1 is 1.27 bits per heavy atom. The summed E-state index contributed by atoms with van der Waals surface area (Å²) in [5.74, 6) is 1.15. The minimum Gasteiger partial charge on any atom is -0.508 e. The zero-order valence-corrected chi connectivity index (χ0v) is 9.02. The van der Waals surface area contributed by atoms with Crippen molar-refractivity contribution < 1.29 is 5.11 Å². The largest absolute Gasteiger partial charge is 0.508 e. The summed E-state index contributed by atoms with van der Waals surface area (Å²) in [6.07, 6.45) is 6.02. The van der Waals surface area contributed by atoms with E-state index < -0.39 is 0 Å². The first kappa shape index (κ1) is 10.5. The Morgan fingerprint density at radius 2 is 1.93 bits per heavy atom. The minimum absolute atomic E-state index is 0.341. The molecule has 0 heterocycles. The van der Waals surface area contributed by atoms with Crippen LogP contribution < -0.4 is 5.73 Å². The van der Waals surface area contributed by atoms with Crippen LogP contribution in [0.1, 0.15) is 31.2 Å². The number of hydrogen-bond acceptors (Lipinski definition) is 2. The predicted octanol–water partition coefficient (Wildman–Crippen LogP) is 2.45. The number of hydrogen-bond donors (Lipinski definition) is 2. The molecule has 2 rings (SSSR count). The van der Waals surface area contributed by atoms with E-state index in [4.69, 9.17) is 10.8 Å². The summed E-state index contributed by atoms with van der Waals surface area (Å²) in [6.45, 7) is 0. The first-order valence-corrected chi connectivity index (χ1v) is 5.79. The normalized spacial score (nSPS) is 17.7. The van der Waals surface area contributed by atoms with Gasteiger partial charge in [-0.15, -0.1) is 0 Å². The summed E-state index contributed by atoms with van der Waals surface area (Å²) < 4.78 is 0. The zero-order chi connectivity index (χ0) is 10.7. The highest BCUT2D eigenvalue weighted by Crippen LogP contribution is 2.33.